The van der Waals surface area contributed by atoms with E-state index >= 15 is 0 Å². The molecule has 0 aromatic heterocycles. The van der Waals surface area contributed by atoms with Crippen molar-refractivity contribution in [3.63, 3.8) is 0 Å². The van der Waals surface area contributed by atoms with Crippen LogP contribution in [0.2, 0.25) is 0 Å². The van der Waals surface area contributed by atoms with Crippen LogP contribution in [0, 0.1) is 0 Å². The number of anilines is 1. The lowest BCUT2D eigenvalue weighted by atomic mass is 10.2. The molecule has 0 amide bonds. The van der Waals surface area contributed by atoms with Crippen molar-refractivity contribution < 1.29 is 0 Å². The molecule has 0 radical (unpaired) electrons. The lowest BCUT2D eigenvalue weighted by Crippen LogP contribution is -2.02. The first kappa shape index (κ1) is 12.5. The molecule has 15 heavy (non-hydrogen) atoms. The summed E-state index contributed by atoms with van der Waals surface area (Å²) in [6, 6.07) is 8.28. The highest BCUT2D eigenvalue weighted by Gasteiger charge is 1.92. The Hall–Kier alpha value is -0.540. The van der Waals surface area contributed by atoms with E-state index in [1.165, 1.54) is 24.9 Å². The van der Waals surface area contributed by atoms with Crippen LogP contribution in [0.4, 0.5) is 5.69 Å². The Morgan fingerprint density at radius 2 is 1.67 bits per heavy atom. The summed E-state index contributed by atoms with van der Waals surface area (Å²) in [6.07, 6.45) is 4.88. The molecule has 0 saturated carbocycles. The second kappa shape index (κ2) is 7.71. The fraction of sp³-hybridized carbons (Fsp3) is 0.500. The van der Waals surface area contributed by atoms with E-state index in [0.29, 0.717) is 0 Å². The second-order valence-corrected chi connectivity index (χ2v) is 4.55. The van der Waals surface area contributed by atoms with E-state index in [0.717, 1.165) is 24.0 Å². The lowest BCUT2D eigenvalue weighted by molar-refractivity contribution is 0.661. The van der Waals surface area contributed by atoms with Gasteiger partial charge in [-0.2, -0.15) is 0 Å². The maximum Gasteiger partial charge on any atom is 0.0340 e. The number of hydrogen-bond acceptors (Lipinski definition) is 2. The molecule has 0 saturated heterocycles. The largest absolute Gasteiger partial charge is 0.385 e. The van der Waals surface area contributed by atoms with E-state index < -0.39 is 0 Å². The maximum absolute atomic E-state index is 5.43. The minimum atomic E-state index is 0.820. The van der Waals surface area contributed by atoms with Gasteiger partial charge in [-0.05, 0) is 43.7 Å². The average Bonchev–Trinajstić information content (AvgIpc) is 2.26. The van der Waals surface area contributed by atoms with E-state index in [2.05, 4.69) is 45.5 Å². The van der Waals surface area contributed by atoms with Gasteiger partial charge >= 0.3 is 0 Å². The molecule has 0 atom stereocenters. The van der Waals surface area contributed by atoms with Gasteiger partial charge in [-0.1, -0.05) is 28.8 Å². The molecule has 0 fully saturated rings. The van der Waals surface area contributed by atoms with Crippen LogP contribution in [0.3, 0.4) is 0 Å². The number of halogens is 1. The van der Waals surface area contributed by atoms with Crippen molar-refractivity contribution >= 4 is 21.6 Å². The third kappa shape index (κ3) is 5.80. The summed E-state index contributed by atoms with van der Waals surface area (Å²) in [6.45, 7) is 1.87. The number of rotatable bonds is 7. The Balaban J connectivity index is 2.07. The molecule has 3 heteroatoms. The van der Waals surface area contributed by atoms with Gasteiger partial charge in [0.05, 0.1) is 0 Å². The number of unbranched alkanes of at least 4 members (excludes halogenated alkanes) is 3. The van der Waals surface area contributed by atoms with Crippen molar-refractivity contribution in [2.75, 3.05) is 18.4 Å². The number of hydrogen-bond donors (Lipinski definition) is 2. The van der Waals surface area contributed by atoms with E-state index in [4.69, 9.17) is 5.73 Å². The van der Waals surface area contributed by atoms with Gasteiger partial charge in [0.1, 0.15) is 0 Å². The molecule has 1 aromatic rings. The SMILES string of the molecule is NCCCCCCNc1ccc(Br)cc1. The first-order chi connectivity index (χ1) is 7.33. The van der Waals surface area contributed by atoms with Gasteiger partial charge in [0.15, 0.2) is 0 Å². The molecule has 0 bridgehead atoms. The molecule has 0 heterocycles. The fourth-order valence-electron chi connectivity index (χ4n) is 1.42. The Labute approximate surface area is 100 Å². The predicted molar refractivity (Wildman–Crippen MR) is 70.2 cm³/mol. The molecule has 0 aliphatic heterocycles. The molecule has 0 spiro atoms. The summed E-state index contributed by atoms with van der Waals surface area (Å²) >= 11 is 3.42. The summed E-state index contributed by atoms with van der Waals surface area (Å²) in [5, 5.41) is 3.40. The second-order valence-electron chi connectivity index (χ2n) is 3.64. The predicted octanol–water partition coefficient (Wildman–Crippen LogP) is 3.38. The summed E-state index contributed by atoms with van der Waals surface area (Å²) in [4.78, 5) is 0. The van der Waals surface area contributed by atoms with Gasteiger partial charge in [0.25, 0.3) is 0 Å². The summed E-state index contributed by atoms with van der Waals surface area (Å²) in [5.74, 6) is 0. The molecular weight excluding hydrogens is 252 g/mol. The third-order valence-corrected chi connectivity index (χ3v) is 2.83. The molecule has 84 valence electrons. The zero-order chi connectivity index (χ0) is 10.9. The fourth-order valence-corrected chi connectivity index (χ4v) is 1.69. The maximum atomic E-state index is 5.43. The van der Waals surface area contributed by atoms with Crippen LogP contribution in [0.25, 0.3) is 0 Å². The molecular formula is C12H19BrN2. The summed E-state index contributed by atoms with van der Waals surface area (Å²) < 4.78 is 1.12. The Kier molecular flexibility index (Phi) is 6.44. The topological polar surface area (TPSA) is 38.0 Å². The van der Waals surface area contributed by atoms with Gasteiger partial charge in [0, 0.05) is 16.7 Å². The lowest BCUT2D eigenvalue weighted by Gasteiger charge is -2.05. The minimum Gasteiger partial charge on any atom is -0.385 e. The molecule has 0 aliphatic rings. The number of nitrogens with two attached hydrogens (primary N) is 1. The minimum absolute atomic E-state index is 0.820. The van der Waals surface area contributed by atoms with Crippen molar-refractivity contribution in [3.8, 4) is 0 Å². The highest BCUT2D eigenvalue weighted by atomic mass is 79.9. The highest BCUT2D eigenvalue weighted by molar-refractivity contribution is 9.10. The smallest absolute Gasteiger partial charge is 0.0340 e. The van der Waals surface area contributed by atoms with Crippen LogP contribution in [0.1, 0.15) is 25.7 Å². The van der Waals surface area contributed by atoms with E-state index in [1.54, 1.807) is 0 Å². The zero-order valence-corrected chi connectivity index (χ0v) is 10.6. The normalized spacial score (nSPS) is 10.3. The van der Waals surface area contributed by atoms with Crippen molar-refractivity contribution in [2.24, 2.45) is 5.73 Å². The van der Waals surface area contributed by atoms with E-state index in [-0.39, 0.29) is 0 Å². The van der Waals surface area contributed by atoms with Crippen LogP contribution in [-0.2, 0) is 0 Å². The van der Waals surface area contributed by atoms with Gasteiger partial charge in [-0.25, -0.2) is 0 Å². The molecule has 3 N–H and O–H groups in total. The van der Waals surface area contributed by atoms with Gasteiger partial charge < -0.3 is 11.1 Å². The highest BCUT2D eigenvalue weighted by Crippen LogP contribution is 2.14. The van der Waals surface area contributed by atoms with Crippen LogP contribution in [0.5, 0.6) is 0 Å². The molecule has 0 unspecified atom stereocenters. The van der Waals surface area contributed by atoms with Crippen molar-refractivity contribution in [2.45, 2.75) is 25.7 Å². The van der Waals surface area contributed by atoms with Gasteiger partial charge in [-0.3, -0.25) is 0 Å². The van der Waals surface area contributed by atoms with Crippen LogP contribution in [-0.4, -0.2) is 13.1 Å². The molecule has 0 aliphatic carbocycles. The molecule has 1 aromatic carbocycles. The quantitative estimate of drug-likeness (QED) is 0.746. The standard InChI is InChI=1S/C12H19BrN2/c13-11-5-7-12(8-6-11)15-10-4-2-1-3-9-14/h5-8,15H,1-4,9-10,14H2. The van der Waals surface area contributed by atoms with Crippen LogP contribution in [0.15, 0.2) is 28.7 Å². The average molecular weight is 271 g/mol. The first-order valence-corrected chi connectivity index (χ1v) is 6.32. The van der Waals surface area contributed by atoms with Crippen molar-refractivity contribution in [1.29, 1.82) is 0 Å². The molecule has 1 rings (SSSR count). The zero-order valence-electron chi connectivity index (χ0n) is 9.01. The summed E-state index contributed by atoms with van der Waals surface area (Å²) in [5.41, 5.74) is 6.62. The van der Waals surface area contributed by atoms with E-state index in [1.807, 2.05) is 0 Å². The number of nitrogens with one attached hydrogen (secondary N) is 1. The monoisotopic (exact) mass is 270 g/mol. The van der Waals surface area contributed by atoms with E-state index in [9.17, 15) is 0 Å². The number of benzene rings is 1. The van der Waals surface area contributed by atoms with Crippen LogP contribution >= 0.6 is 15.9 Å². The Bertz CT molecular complexity index is 259. The Morgan fingerprint density at radius 3 is 2.33 bits per heavy atom. The van der Waals surface area contributed by atoms with Gasteiger partial charge in [0.2, 0.25) is 0 Å². The first-order valence-electron chi connectivity index (χ1n) is 5.52. The van der Waals surface area contributed by atoms with Crippen molar-refractivity contribution in [3.05, 3.63) is 28.7 Å². The summed E-state index contributed by atoms with van der Waals surface area (Å²) in [7, 11) is 0. The Morgan fingerprint density at radius 1 is 1.00 bits per heavy atom. The van der Waals surface area contributed by atoms with Crippen molar-refractivity contribution in [1.82, 2.24) is 0 Å². The molecule has 2 nitrogen and oxygen atoms in total. The van der Waals surface area contributed by atoms with Gasteiger partial charge in [-0.15, -0.1) is 0 Å². The third-order valence-electron chi connectivity index (χ3n) is 2.30. The van der Waals surface area contributed by atoms with Crippen LogP contribution < -0.4 is 11.1 Å².